The molecule has 32 heavy (non-hydrogen) atoms. The van der Waals surface area contributed by atoms with Crippen LogP contribution in [0.4, 0.5) is 9.52 Å². The molecule has 1 aromatic heterocycles. The van der Waals surface area contributed by atoms with Gasteiger partial charge in [-0.25, -0.2) is 9.37 Å². The number of hydrogen-bond donors (Lipinski definition) is 2. The number of nitrogens with one attached hydrogen (secondary N) is 1. The van der Waals surface area contributed by atoms with Crippen molar-refractivity contribution in [3.8, 4) is 17.2 Å². The van der Waals surface area contributed by atoms with E-state index in [9.17, 15) is 14.0 Å². The summed E-state index contributed by atoms with van der Waals surface area (Å²) >= 11 is 1.12. The van der Waals surface area contributed by atoms with Gasteiger partial charge in [-0.05, 0) is 31.2 Å². The van der Waals surface area contributed by atoms with E-state index in [1.54, 1.807) is 24.6 Å². The highest BCUT2D eigenvalue weighted by atomic mass is 32.1. The Kier molecular flexibility index (Phi) is 7.74. The molecule has 0 saturated heterocycles. The third-order valence-corrected chi connectivity index (χ3v) is 4.82. The highest BCUT2D eigenvalue weighted by molar-refractivity contribution is 7.14. The second-order valence-electron chi connectivity index (χ2n) is 6.80. The summed E-state index contributed by atoms with van der Waals surface area (Å²) in [6.07, 6.45) is -0.531. The molecule has 0 bridgehead atoms. The van der Waals surface area contributed by atoms with Crippen LogP contribution in [0.1, 0.15) is 23.0 Å². The van der Waals surface area contributed by atoms with Crippen LogP contribution in [-0.4, -0.2) is 41.8 Å². The maximum Gasteiger partial charge on any atom is 0.309 e. The Morgan fingerprint density at radius 2 is 1.97 bits per heavy atom. The van der Waals surface area contributed by atoms with Gasteiger partial charge in [-0.15, -0.1) is 11.3 Å². The van der Waals surface area contributed by atoms with E-state index in [2.05, 4.69) is 10.3 Å². The SMILES string of the molecule is COC[C@H](C)Oc1cc(Oc2cccc(F)c2)cc(C(=O)Nc2nc(CC(=O)O)cs2)c1. The molecule has 2 aromatic carbocycles. The van der Waals surface area contributed by atoms with Crippen molar-refractivity contribution in [3.05, 3.63) is 64.9 Å². The van der Waals surface area contributed by atoms with Gasteiger partial charge >= 0.3 is 5.97 Å². The monoisotopic (exact) mass is 460 g/mol. The number of carboxylic acids is 1. The zero-order valence-corrected chi connectivity index (χ0v) is 18.1. The summed E-state index contributed by atoms with van der Waals surface area (Å²) < 4.78 is 30.1. The van der Waals surface area contributed by atoms with Gasteiger partial charge in [0.25, 0.3) is 5.91 Å². The molecule has 3 rings (SSSR count). The molecule has 0 unspecified atom stereocenters. The first kappa shape index (κ1) is 23.2. The van der Waals surface area contributed by atoms with E-state index in [-0.39, 0.29) is 34.7 Å². The molecule has 0 aliphatic heterocycles. The Bertz CT molecular complexity index is 1100. The van der Waals surface area contributed by atoms with Crippen molar-refractivity contribution in [2.24, 2.45) is 0 Å². The molecule has 1 heterocycles. The first-order valence-electron chi connectivity index (χ1n) is 9.54. The van der Waals surface area contributed by atoms with Gasteiger partial charge < -0.3 is 19.3 Å². The van der Waals surface area contributed by atoms with Crippen LogP contribution in [0.2, 0.25) is 0 Å². The number of nitrogens with zero attached hydrogens (tertiary/aromatic N) is 1. The number of amides is 1. The number of carbonyl (C=O) groups is 2. The molecule has 10 heteroatoms. The lowest BCUT2D eigenvalue weighted by atomic mass is 10.2. The topological polar surface area (TPSA) is 107 Å². The largest absolute Gasteiger partial charge is 0.488 e. The number of carboxylic acid groups (broad SMARTS) is 1. The maximum absolute atomic E-state index is 13.5. The Morgan fingerprint density at radius 3 is 2.69 bits per heavy atom. The average Bonchev–Trinajstić information content (AvgIpc) is 3.14. The third kappa shape index (κ3) is 6.76. The second kappa shape index (κ2) is 10.7. The summed E-state index contributed by atoms with van der Waals surface area (Å²) in [5.74, 6) is -1.07. The molecular formula is C22H21FN2O6S. The van der Waals surface area contributed by atoms with Crippen LogP contribution in [0, 0.1) is 5.82 Å². The Hall–Kier alpha value is -3.50. The number of benzene rings is 2. The van der Waals surface area contributed by atoms with Crippen molar-refractivity contribution >= 4 is 28.3 Å². The van der Waals surface area contributed by atoms with Gasteiger partial charge in [0.1, 0.15) is 29.2 Å². The first-order chi connectivity index (χ1) is 15.3. The summed E-state index contributed by atoms with van der Waals surface area (Å²) in [7, 11) is 1.55. The quantitative estimate of drug-likeness (QED) is 0.463. The molecule has 8 nitrogen and oxygen atoms in total. The summed E-state index contributed by atoms with van der Waals surface area (Å²) in [4.78, 5) is 27.7. The van der Waals surface area contributed by atoms with Crippen LogP contribution >= 0.6 is 11.3 Å². The molecule has 0 aliphatic carbocycles. The first-order valence-corrected chi connectivity index (χ1v) is 10.4. The summed E-state index contributed by atoms with van der Waals surface area (Å²) in [5, 5.41) is 13.3. The standard InChI is InChI=1S/C22H21FN2O6S/c1-13(11-29-2)30-18-6-14(7-19(10-18)31-17-5-3-4-15(23)8-17)21(28)25-22-24-16(12-32-22)9-20(26)27/h3-8,10,12-13H,9,11H2,1-2H3,(H,26,27)(H,24,25,28)/t13-/m0/s1. The second-order valence-corrected chi connectivity index (χ2v) is 7.66. The summed E-state index contributed by atoms with van der Waals surface area (Å²) in [6, 6.07) is 10.2. The van der Waals surface area contributed by atoms with Crippen LogP contribution in [0.25, 0.3) is 0 Å². The van der Waals surface area contributed by atoms with Crippen molar-refractivity contribution in [2.75, 3.05) is 19.0 Å². The van der Waals surface area contributed by atoms with Gasteiger partial charge in [0, 0.05) is 30.2 Å². The number of hydrogen-bond acceptors (Lipinski definition) is 7. The average molecular weight is 460 g/mol. The van der Waals surface area contributed by atoms with E-state index in [1.165, 1.54) is 30.3 Å². The van der Waals surface area contributed by atoms with E-state index in [0.29, 0.717) is 18.1 Å². The number of anilines is 1. The molecule has 168 valence electrons. The molecule has 0 fully saturated rings. The van der Waals surface area contributed by atoms with Crippen molar-refractivity contribution in [1.82, 2.24) is 4.98 Å². The molecule has 0 radical (unpaired) electrons. The third-order valence-electron chi connectivity index (χ3n) is 4.02. The highest BCUT2D eigenvalue weighted by Gasteiger charge is 2.15. The number of halogens is 1. The number of aliphatic carboxylic acids is 1. The zero-order chi connectivity index (χ0) is 23.1. The summed E-state index contributed by atoms with van der Waals surface area (Å²) in [5.41, 5.74) is 0.562. The van der Waals surface area contributed by atoms with Crippen LogP contribution in [-0.2, 0) is 16.0 Å². The minimum Gasteiger partial charge on any atom is -0.488 e. The van der Waals surface area contributed by atoms with E-state index >= 15 is 0 Å². The summed E-state index contributed by atoms with van der Waals surface area (Å²) in [6.45, 7) is 2.14. The number of aromatic nitrogens is 1. The van der Waals surface area contributed by atoms with Gasteiger partial charge in [-0.1, -0.05) is 6.07 Å². The Morgan fingerprint density at radius 1 is 1.19 bits per heavy atom. The fraction of sp³-hybridized carbons (Fsp3) is 0.227. The van der Waals surface area contributed by atoms with E-state index in [0.717, 1.165) is 11.3 Å². The number of carbonyl (C=O) groups excluding carboxylic acids is 1. The minimum absolute atomic E-state index is 0.216. The molecule has 1 amide bonds. The molecule has 1 atom stereocenters. The minimum atomic E-state index is -1.01. The maximum atomic E-state index is 13.5. The normalized spacial score (nSPS) is 11.6. The van der Waals surface area contributed by atoms with Gasteiger partial charge in [0.2, 0.25) is 0 Å². The van der Waals surface area contributed by atoms with Crippen molar-refractivity contribution in [2.45, 2.75) is 19.4 Å². The van der Waals surface area contributed by atoms with E-state index in [4.69, 9.17) is 19.3 Å². The predicted octanol–water partition coefficient (Wildman–Crippen LogP) is 4.37. The number of rotatable bonds is 10. The van der Waals surface area contributed by atoms with E-state index in [1.807, 2.05) is 6.92 Å². The lowest BCUT2D eigenvalue weighted by molar-refractivity contribution is -0.136. The Labute approximate surface area is 187 Å². The molecule has 0 saturated carbocycles. The lowest BCUT2D eigenvalue weighted by Crippen LogP contribution is -2.18. The molecule has 3 aromatic rings. The number of ether oxygens (including phenoxy) is 3. The molecule has 0 aliphatic rings. The van der Waals surface area contributed by atoms with Gasteiger partial charge in [0.05, 0.1) is 18.7 Å². The molecule has 0 spiro atoms. The Balaban J connectivity index is 1.84. The predicted molar refractivity (Wildman–Crippen MR) is 116 cm³/mol. The lowest BCUT2D eigenvalue weighted by Gasteiger charge is -2.16. The van der Waals surface area contributed by atoms with Crippen LogP contribution in [0.5, 0.6) is 17.2 Å². The number of methoxy groups -OCH3 is 1. The van der Waals surface area contributed by atoms with Crippen molar-refractivity contribution in [3.63, 3.8) is 0 Å². The van der Waals surface area contributed by atoms with Gasteiger partial charge in [-0.2, -0.15) is 0 Å². The molecular weight excluding hydrogens is 439 g/mol. The number of thiazole rings is 1. The van der Waals surface area contributed by atoms with Crippen LogP contribution in [0.15, 0.2) is 47.8 Å². The van der Waals surface area contributed by atoms with Crippen LogP contribution < -0.4 is 14.8 Å². The fourth-order valence-electron chi connectivity index (χ4n) is 2.77. The van der Waals surface area contributed by atoms with Crippen molar-refractivity contribution < 1.29 is 33.3 Å². The van der Waals surface area contributed by atoms with Gasteiger partial charge in [0.15, 0.2) is 5.13 Å². The van der Waals surface area contributed by atoms with Gasteiger partial charge in [-0.3, -0.25) is 14.9 Å². The smallest absolute Gasteiger partial charge is 0.309 e. The zero-order valence-electron chi connectivity index (χ0n) is 17.3. The highest BCUT2D eigenvalue weighted by Crippen LogP contribution is 2.29. The fourth-order valence-corrected chi connectivity index (χ4v) is 3.47. The van der Waals surface area contributed by atoms with E-state index < -0.39 is 17.7 Å². The van der Waals surface area contributed by atoms with Crippen LogP contribution in [0.3, 0.4) is 0 Å². The molecule has 2 N–H and O–H groups in total. The van der Waals surface area contributed by atoms with Crippen molar-refractivity contribution in [1.29, 1.82) is 0 Å².